The van der Waals surface area contributed by atoms with Gasteiger partial charge in [-0.1, -0.05) is 18.2 Å². The molecule has 1 aliphatic heterocycles. The summed E-state index contributed by atoms with van der Waals surface area (Å²) in [5, 5.41) is 0. The molecule has 1 atom stereocenters. The van der Waals surface area contributed by atoms with Crippen LogP contribution in [0.4, 0.5) is 8.78 Å². The van der Waals surface area contributed by atoms with Gasteiger partial charge in [0.15, 0.2) is 11.6 Å². The first-order valence-corrected chi connectivity index (χ1v) is 9.12. The first-order valence-electron chi connectivity index (χ1n) is 9.12. The molecule has 0 N–H and O–H groups in total. The molecule has 1 amide bonds. The molecule has 1 fully saturated rings. The summed E-state index contributed by atoms with van der Waals surface area (Å²) in [4.78, 5) is 16.2. The zero-order valence-electron chi connectivity index (χ0n) is 16.0. The first-order chi connectivity index (χ1) is 13.5. The lowest BCUT2D eigenvalue weighted by molar-refractivity contribution is -0.133. The highest BCUT2D eigenvalue weighted by atomic mass is 19.1. The Morgan fingerprint density at radius 1 is 1.25 bits per heavy atom. The van der Waals surface area contributed by atoms with E-state index >= 15 is 0 Å². The number of halogens is 2. The average Bonchev–Trinajstić information content (AvgIpc) is 2.69. The molecule has 1 saturated heterocycles. The lowest BCUT2D eigenvalue weighted by Crippen LogP contribution is -2.44. The van der Waals surface area contributed by atoms with Gasteiger partial charge in [0.2, 0.25) is 5.91 Å². The number of amides is 1. The third kappa shape index (κ3) is 5.05. The third-order valence-corrected chi connectivity index (χ3v) is 4.81. The maximum absolute atomic E-state index is 13.8. The molecule has 150 valence electrons. The van der Waals surface area contributed by atoms with Gasteiger partial charge in [-0.15, -0.1) is 0 Å². The van der Waals surface area contributed by atoms with Crippen LogP contribution < -0.4 is 4.74 Å². The summed E-state index contributed by atoms with van der Waals surface area (Å²) < 4.78 is 37.6. The van der Waals surface area contributed by atoms with Gasteiger partial charge >= 0.3 is 0 Å². The summed E-state index contributed by atoms with van der Waals surface area (Å²) >= 11 is 0. The van der Waals surface area contributed by atoms with Crippen LogP contribution in [0.2, 0.25) is 0 Å². The number of rotatable bonds is 6. The molecular formula is C21H24F2N2O3. The predicted octanol–water partition coefficient (Wildman–Crippen LogP) is 3.01. The first kappa shape index (κ1) is 20.2. The fraction of sp³-hybridized carbons (Fsp3) is 0.381. The number of likely N-dealkylation sites (N-methyl/N-ethyl adjacent to an activating group) is 1. The van der Waals surface area contributed by atoms with Crippen molar-refractivity contribution in [1.29, 1.82) is 0 Å². The van der Waals surface area contributed by atoms with E-state index in [1.807, 2.05) is 4.90 Å². The largest absolute Gasteiger partial charge is 0.494 e. The molecule has 0 aliphatic carbocycles. The SMILES string of the molecule is COc1ccc(CN(C)C(=O)CN2CCOC(c3ccc(F)cc3)C2)cc1F. The number of methoxy groups -OCH3 is 1. The van der Waals surface area contributed by atoms with Crippen LogP contribution in [0.1, 0.15) is 17.2 Å². The van der Waals surface area contributed by atoms with Crippen molar-refractivity contribution < 1.29 is 23.0 Å². The fourth-order valence-corrected chi connectivity index (χ4v) is 3.21. The summed E-state index contributed by atoms with van der Waals surface area (Å²) in [6.45, 7) is 2.27. The van der Waals surface area contributed by atoms with Crippen LogP contribution in [-0.2, 0) is 16.1 Å². The van der Waals surface area contributed by atoms with Crippen LogP contribution in [0.25, 0.3) is 0 Å². The third-order valence-electron chi connectivity index (χ3n) is 4.81. The molecule has 7 heteroatoms. The van der Waals surface area contributed by atoms with Crippen molar-refractivity contribution in [2.45, 2.75) is 12.6 Å². The van der Waals surface area contributed by atoms with Crippen molar-refractivity contribution >= 4 is 5.91 Å². The van der Waals surface area contributed by atoms with E-state index < -0.39 is 5.82 Å². The Kier molecular flexibility index (Phi) is 6.59. The highest BCUT2D eigenvalue weighted by molar-refractivity contribution is 5.78. The Hall–Kier alpha value is -2.51. The highest BCUT2D eigenvalue weighted by Crippen LogP contribution is 2.23. The second kappa shape index (κ2) is 9.12. The molecule has 1 aliphatic rings. The molecule has 2 aromatic rings. The van der Waals surface area contributed by atoms with Crippen LogP contribution in [0.3, 0.4) is 0 Å². The van der Waals surface area contributed by atoms with Crippen molar-refractivity contribution in [3.05, 3.63) is 65.2 Å². The molecule has 1 unspecified atom stereocenters. The Morgan fingerprint density at radius 2 is 2.00 bits per heavy atom. The average molecular weight is 390 g/mol. The molecule has 1 heterocycles. The summed E-state index contributed by atoms with van der Waals surface area (Å²) in [6, 6.07) is 10.9. The summed E-state index contributed by atoms with van der Waals surface area (Å²) in [5.41, 5.74) is 1.58. The summed E-state index contributed by atoms with van der Waals surface area (Å²) in [5.74, 6) is -0.617. The Bertz CT molecular complexity index is 814. The number of hydrogen-bond donors (Lipinski definition) is 0. The van der Waals surface area contributed by atoms with Crippen LogP contribution in [0.5, 0.6) is 5.75 Å². The van der Waals surface area contributed by atoms with Gasteiger partial charge in [0, 0.05) is 26.7 Å². The number of morpholine rings is 1. The smallest absolute Gasteiger partial charge is 0.236 e. The van der Waals surface area contributed by atoms with Gasteiger partial charge in [-0.2, -0.15) is 0 Å². The zero-order valence-corrected chi connectivity index (χ0v) is 16.0. The summed E-state index contributed by atoms with van der Waals surface area (Å²) in [7, 11) is 3.11. The van der Waals surface area contributed by atoms with E-state index in [-0.39, 0.29) is 30.1 Å². The number of benzene rings is 2. The van der Waals surface area contributed by atoms with Crippen LogP contribution in [0.15, 0.2) is 42.5 Å². The monoisotopic (exact) mass is 390 g/mol. The van der Waals surface area contributed by atoms with E-state index in [1.54, 1.807) is 36.2 Å². The van der Waals surface area contributed by atoms with Crippen LogP contribution >= 0.6 is 0 Å². The molecule has 3 rings (SSSR count). The number of carbonyl (C=O) groups is 1. The molecule has 0 spiro atoms. The topological polar surface area (TPSA) is 42.0 Å². The normalized spacial score (nSPS) is 17.4. The van der Waals surface area contributed by atoms with Gasteiger partial charge in [0.25, 0.3) is 0 Å². The van der Waals surface area contributed by atoms with Gasteiger partial charge in [-0.3, -0.25) is 9.69 Å². The fourth-order valence-electron chi connectivity index (χ4n) is 3.21. The standard InChI is InChI=1S/C21H24F2N2O3/c1-24(12-15-3-8-19(27-2)18(23)11-15)21(26)14-25-9-10-28-20(13-25)16-4-6-17(22)7-5-16/h3-8,11,20H,9-10,12-14H2,1-2H3. The molecule has 0 bridgehead atoms. The highest BCUT2D eigenvalue weighted by Gasteiger charge is 2.24. The zero-order chi connectivity index (χ0) is 20.1. The van der Waals surface area contributed by atoms with Crippen molar-refractivity contribution in [2.24, 2.45) is 0 Å². The van der Waals surface area contributed by atoms with Gasteiger partial charge in [-0.05, 0) is 35.4 Å². The van der Waals surface area contributed by atoms with Gasteiger partial charge in [0.1, 0.15) is 5.82 Å². The summed E-state index contributed by atoms with van der Waals surface area (Å²) in [6.07, 6.45) is -0.192. The quantitative estimate of drug-likeness (QED) is 0.761. The van der Waals surface area contributed by atoms with Gasteiger partial charge < -0.3 is 14.4 Å². The predicted molar refractivity (Wildman–Crippen MR) is 101 cm³/mol. The molecule has 28 heavy (non-hydrogen) atoms. The molecule has 0 saturated carbocycles. The molecular weight excluding hydrogens is 366 g/mol. The van der Waals surface area contributed by atoms with E-state index in [0.29, 0.717) is 31.8 Å². The Labute approximate surface area is 163 Å². The van der Waals surface area contributed by atoms with Crippen molar-refractivity contribution in [2.75, 3.05) is 40.4 Å². The van der Waals surface area contributed by atoms with Gasteiger partial charge in [-0.25, -0.2) is 8.78 Å². The second-order valence-corrected chi connectivity index (χ2v) is 6.86. The maximum Gasteiger partial charge on any atom is 0.236 e. The second-order valence-electron chi connectivity index (χ2n) is 6.86. The van der Waals surface area contributed by atoms with E-state index in [2.05, 4.69) is 0 Å². The van der Waals surface area contributed by atoms with Crippen molar-refractivity contribution in [3.63, 3.8) is 0 Å². The minimum absolute atomic E-state index is 0.0593. The van der Waals surface area contributed by atoms with Crippen LogP contribution in [0, 0.1) is 11.6 Å². The Morgan fingerprint density at radius 3 is 2.68 bits per heavy atom. The van der Waals surface area contributed by atoms with Gasteiger partial charge in [0.05, 0.1) is 26.4 Å². The molecule has 0 aromatic heterocycles. The van der Waals surface area contributed by atoms with E-state index in [1.165, 1.54) is 25.3 Å². The molecule has 2 aromatic carbocycles. The minimum Gasteiger partial charge on any atom is -0.494 e. The Balaban J connectivity index is 1.55. The van der Waals surface area contributed by atoms with Crippen LogP contribution in [-0.4, -0.2) is 56.1 Å². The lowest BCUT2D eigenvalue weighted by atomic mass is 10.1. The lowest BCUT2D eigenvalue weighted by Gasteiger charge is -2.33. The van der Waals surface area contributed by atoms with Crippen molar-refractivity contribution in [1.82, 2.24) is 9.80 Å². The van der Waals surface area contributed by atoms with Crippen molar-refractivity contribution in [3.8, 4) is 5.75 Å². The minimum atomic E-state index is -0.448. The van der Waals surface area contributed by atoms with E-state index in [4.69, 9.17) is 9.47 Å². The maximum atomic E-state index is 13.8. The van der Waals surface area contributed by atoms with E-state index in [0.717, 1.165) is 5.56 Å². The number of ether oxygens (including phenoxy) is 2. The number of nitrogens with zero attached hydrogens (tertiary/aromatic N) is 2. The molecule has 0 radical (unpaired) electrons. The number of hydrogen-bond acceptors (Lipinski definition) is 4. The van der Waals surface area contributed by atoms with E-state index in [9.17, 15) is 13.6 Å². The number of carbonyl (C=O) groups excluding carboxylic acids is 1. The molecule has 5 nitrogen and oxygen atoms in total.